The van der Waals surface area contributed by atoms with E-state index in [0.717, 1.165) is 22.3 Å². The predicted molar refractivity (Wildman–Crippen MR) is 114 cm³/mol. The lowest BCUT2D eigenvalue weighted by molar-refractivity contribution is -0.124. The smallest absolute Gasteiger partial charge is 0.239 e. The van der Waals surface area contributed by atoms with Gasteiger partial charge >= 0.3 is 0 Å². The Bertz CT molecular complexity index is 1170. The number of amides is 2. The minimum atomic E-state index is -0.930. The molecule has 1 N–H and O–H groups in total. The maximum Gasteiger partial charge on any atom is 0.239 e. The third-order valence-electron chi connectivity index (χ3n) is 7.13. The lowest BCUT2D eigenvalue weighted by atomic mass is 9.47. The molecular weight excluding hydrogens is 398 g/mol. The lowest BCUT2D eigenvalue weighted by Crippen LogP contribution is -2.55. The number of halogens is 1. The molecule has 0 spiro atoms. The summed E-state index contributed by atoms with van der Waals surface area (Å²) in [5, 5.41) is 11.3. The summed E-state index contributed by atoms with van der Waals surface area (Å²) >= 11 is 6.01. The Hall–Kier alpha value is -2.95. The summed E-state index contributed by atoms with van der Waals surface area (Å²) in [5.41, 5.74) is 3.56. The first kappa shape index (κ1) is 17.9. The van der Waals surface area contributed by atoms with Crippen LogP contribution in [0.5, 0.6) is 0 Å². The average molecular weight is 416 g/mol. The molecule has 3 aliphatic carbocycles. The van der Waals surface area contributed by atoms with E-state index in [2.05, 4.69) is 0 Å². The van der Waals surface area contributed by atoms with Crippen molar-refractivity contribution in [2.75, 3.05) is 11.5 Å². The van der Waals surface area contributed by atoms with E-state index in [1.165, 1.54) is 4.90 Å². The molecule has 0 saturated carbocycles. The van der Waals surface area contributed by atoms with E-state index in [4.69, 9.17) is 11.6 Å². The number of aliphatic hydroxyl groups is 1. The van der Waals surface area contributed by atoms with E-state index < -0.39 is 17.3 Å². The third-order valence-corrected chi connectivity index (χ3v) is 7.38. The highest BCUT2D eigenvalue weighted by Crippen LogP contribution is 2.64. The Labute approximate surface area is 178 Å². The number of rotatable bonds is 2. The zero-order valence-corrected chi connectivity index (χ0v) is 16.7. The zero-order valence-electron chi connectivity index (χ0n) is 16.0. The minimum Gasteiger partial charge on any atom is -0.395 e. The van der Waals surface area contributed by atoms with E-state index >= 15 is 0 Å². The highest BCUT2D eigenvalue weighted by atomic mass is 35.5. The van der Waals surface area contributed by atoms with Crippen LogP contribution in [0.15, 0.2) is 72.8 Å². The van der Waals surface area contributed by atoms with Crippen LogP contribution in [0.2, 0.25) is 5.02 Å². The Morgan fingerprint density at radius 1 is 0.833 bits per heavy atom. The van der Waals surface area contributed by atoms with Crippen LogP contribution in [0.4, 0.5) is 5.69 Å². The van der Waals surface area contributed by atoms with Crippen molar-refractivity contribution in [2.24, 2.45) is 11.8 Å². The van der Waals surface area contributed by atoms with Gasteiger partial charge in [0, 0.05) is 10.9 Å². The molecule has 148 valence electrons. The second-order valence-electron chi connectivity index (χ2n) is 8.27. The van der Waals surface area contributed by atoms with Gasteiger partial charge in [-0.2, -0.15) is 0 Å². The first-order valence-electron chi connectivity index (χ1n) is 10.0. The zero-order chi connectivity index (χ0) is 20.6. The fourth-order valence-electron chi connectivity index (χ4n) is 6.04. The Morgan fingerprint density at radius 3 is 1.97 bits per heavy atom. The predicted octanol–water partition coefficient (Wildman–Crippen LogP) is 3.88. The molecule has 3 aromatic rings. The molecule has 5 heteroatoms. The second kappa shape index (κ2) is 6.03. The third kappa shape index (κ3) is 1.96. The van der Waals surface area contributed by atoms with Crippen LogP contribution in [-0.4, -0.2) is 23.5 Å². The van der Waals surface area contributed by atoms with Crippen LogP contribution in [0.3, 0.4) is 0 Å². The summed E-state index contributed by atoms with van der Waals surface area (Å²) < 4.78 is 0. The number of aliphatic hydroxyl groups excluding tert-OH is 1. The van der Waals surface area contributed by atoms with Crippen molar-refractivity contribution in [3.63, 3.8) is 0 Å². The number of carbonyl (C=O) groups is 2. The van der Waals surface area contributed by atoms with Gasteiger partial charge in [-0.1, -0.05) is 60.1 Å². The van der Waals surface area contributed by atoms with E-state index in [9.17, 15) is 14.7 Å². The Balaban J connectivity index is 1.63. The van der Waals surface area contributed by atoms with Crippen LogP contribution in [-0.2, 0) is 15.0 Å². The largest absolute Gasteiger partial charge is 0.395 e. The van der Waals surface area contributed by atoms with E-state index in [-0.39, 0.29) is 24.3 Å². The van der Waals surface area contributed by atoms with Gasteiger partial charge in [0.15, 0.2) is 0 Å². The highest BCUT2D eigenvalue weighted by Gasteiger charge is 2.68. The molecular formula is C25H18ClNO3. The summed E-state index contributed by atoms with van der Waals surface area (Å²) in [6.45, 7) is -0.234. The molecule has 3 aromatic carbocycles. The number of benzene rings is 3. The van der Waals surface area contributed by atoms with Crippen LogP contribution in [0, 0.1) is 11.8 Å². The molecule has 1 fully saturated rings. The maximum atomic E-state index is 13.8. The van der Waals surface area contributed by atoms with Gasteiger partial charge < -0.3 is 5.11 Å². The molecule has 0 aromatic heterocycles. The van der Waals surface area contributed by atoms with Crippen molar-refractivity contribution in [1.82, 2.24) is 0 Å². The molecule has 1 saturated heterocycles. The maximum absolute atomic E-state index is 13.8. The topological polar surface area (TPSA) is 57.6 Å². The molecule has 2 bridgehead atoms. The quantitative estimate of drug-likeness (QED) is 0.646. The summed E-state index contributed by atoms with van der Waals surface area (Å²) in [6.07, 6.45) is 0. The monoisotopic (exact) mass is 415 g/mol. The lowest BCUT2D eigenvalue weighted by Gasteiger charge is -2.53. The van der Waals surface area contributed by atoms with E-state index in [0.29, 0.717) is 10.7 Å². The standard InChI is InChI=1S/C25H18ClNO3/c26-14-9-11-15(12-10-14)27-23(29)21-20-16-5-1-3-7-18(16)25(13-28,22(21)24(27)30)19-8-4-2-6-17(19)20/h1-12,20-22,28H,13H2/t20?,21-,22+,25?/m0/s1. The molecule has 2 amide bonds. The molecule has 4 nitrogen and oxygen atoms in total. The van der Waals surface area contributed by atoms with Crippen molar-refractivity contribution < 1.29 is 14.7 Å². The molecule has 1 aliphatic heterocycles. The SMILES string of the molecule is O=C1[C@H]2C3c4ccccc4C(CO)(c4ccccc43)[C@H]2C(=O)N1c1ccc(Cl)cc1. The van der Waals surface area contributed by atoms with Crippen molar-refractivity contribution in [3.05, 3.63) is 100 Å². The fourth-order valence-corrected chi connectivity index (χ4v) is 6.17. The molecule has 4 aliphatic rings. The van der Waals surface area contributed by atoms with Crippen molar-refractivity contribution in [3.8, 4) is 0 Å². The number of hydrogen-bond acceptors (Lipinski definition) is 3. The number of anilines is 1. The van der Waals surface area contributed by atoms with Gasteiger partial charge in [-0.05, 0) is 46.5 Å². The molecule has 0 unspecified atom stereocenters. The molecule has 30 heavy (non-hydrogen) atoms. The van der Waals surface area contributed by atoms with E-state index in [1.807, 2.05) is 48.5 Å². The molecule has 0 radical (unpaired) electrons. The van der Waals surface area contributed by atoms with Gasteiger partial charge in [0.2, 0.25) is 11.8 Å². The normalized spacial score (nSPS) is 28.3. The van der Waals surface area contributed by atoms with Gasteiger partial charge in [-0.15, -0.1) is 0 Å². The number of imide groups is 1. The van der Waals surface area contributed by atoms with Crippen LogP contribution in [0.25, 0.3) is 0 Å². The minimum absolute atomic E-state index is 0.204. The summed E-state index contributed by atoms with van der Waals surface area (Å²) in [5.74, 6) is -1.84. The van der Waals surface area contributed by atoms with Crippen molar-refractivity contribution in [2.45, 2.75) is 11.3 Å². The summed E-state index contributed by atoms with van der Waals surface area (Å²) in [6, 6.07) is 22.6. The second-order valence-corrected chi connectivity index (χ2v) is 8.71. The molecule has 7 rings (SSSR count). The van der Waals surface area contributed by atoms with Crippen LogP contribution >= 0.6 is 11.6 Å². The van der Waals surface area contributed by atoms with Gasteiger partial charge in [0.05, 0.1) is 29.5 Å². The number of hydrogen-bond donors (Lipinski definition) is 1. The number of carbonyl (C=O) groups excluding carboxylic acids is 2. The summed E-state index contributed by atoms with van der Waals surface area (Å²) in [4.78, 5) is 28.8. The fraction of sp³-hybridized carbons (Fsp3) is 0.200. The first-order valence-corrected chi connectivity index (χ1v) is 10.4. The van der Waals surface area contributed by atoms with Crippen LogP contribution in [0.1, 0.15) is 28.2 Å². The van der Waals surface area contributed by atoms with Gasteiger partial charge in [0.25, 0.3) is 0 Å². The average Bonchev–Trinajstić information content (AvgIpc) is 3.05. The van der Waals surface area contributed by atoms with Crippen molar-refractivity contribution in [1.29, 1.82) is 0 Å². The van der Waals surface area contributed by atoms with Gasteiger partial charge in [0.1, 0.15) is 0 Å². The highest BCUT2D eigenvalue weighted by molar-refractivity contribution is 6.31. The molecule has 1 heterocycles. The molecule has 2 atom stereocenters. The van der Waals surface area contributed by atoms with Crippen LogP contribution < -0.4 is 4.90 Å². The Morgan fingerprint density at radius 2 is 1.40 bits per heavy atom. The van der Waals surface area contributed by atoms with Crippen molar-refractivity contribution >= 4 is 29.1 Å². The first-order chi connectivity index (χ1) is 14.6. The number of nitrogens with zero attached hydrogens (tertiary/aromatic N) is 1. The van der Waals surface area contributed by atoms with Gasteiger partial charge in [-0.25, -0.2) is 4.90 Å². The Kier molecular flexibility index (Phi) is 3.59. The van der Waals surface area contributed by atoms with Gasteiger partial charge in [-0.3, -0.25) is 9.59 Å². The van der Waals surface area contributed by atoms with E-state index in [1.54, 1.807) is 24.3 Å². The summed E-state index contributed by atoms with van der Waals surface area (Å²) in [7, 11) is 0.